The minimum atomic E-state index is -0.296. The zero-order valence-corrected chi connectivity index (χ0v) is 12.6. The van der Waals surface area contributed by atoms with E-state index in [2.05, 4.69) is 28.2 Å². The molecule has 0 bridgehead atoms. The first-order chi connectivity index (χ1) is 8.63. The van der Waals surface area contributed by atoms with E-state index in [9.17, 15) is 4.39 Å². The van der Waals surface area contributed by atoms with Gasteiger partial charge in [0.25, 0.3) is 0 Å². The Morgan fingerprint density at radius 2 is 2.17 bits per heavy atom. The first-order valence-electron chi connectivity index (χ1n) is 6.46. The molecule has 1 aromatic rings. The topological polar surface area (TPSA) is 21.3 Å². The molecule has 18 heavy (non-hydrogen) atoms. The Morgan fingerprint density at radius 3 is 2.83 bits per heavy atom. The molecule has 0 aromatic heterocycles. The monoisotopic (exact) mass is 317 g/mol. The van der Waals surface area contributed by atoms with Crippen LogP contribution in [-0.2, 0) is 0 Å². The van der Waals surface area contributed by atoms with Crippen LogP contribution in [0.5, 0.6) is 5.75 Å². The van der Waals surface area contributed by atoms with E-state index in [1.807, 2.05) is 6.92 Å². The summed E-state index contributed by atoms with van der Waals surface area (Å²) < 4.78 is 19.4. The van der Waals surface area contributed by atoms with Crippen molar-refractivity contribution in [3.05, 3.63) is 28.5 Å². The molecular formula is C14H21BrFNO. The standard InChI is InChI=1S/C14H21BrFNO/c1-3-4-5-8-17-10-11(2)18-12-6-7-13(15)14(16)9-12/h6-7,9,11,17H,3-5,8,10H2,1-2H3. The molecule has 0 fully saturated rings. The Balaban J connectivity index is 2.26. The highest BCUT2D eigenvalue weighted by molar-refractivity contribution is 9.10. The third-order valence-corrected chi connectivity index (χ3v) is 3.26. The second-order valence-corrected chi connectivity index (χ2v) is 5.27. The first-order valence-corrected chi connectivity index (χ1v) is 7.25. The Kier molecular flexibility index (Phi) is 7.28. The van der Waals surface area contributed by atoms with Crippen LogP contribution in [0.25, 0.3) is 0 Å². The average Bonchev–Trinajstić information content (AvgIpc) is 2.34. The smallest absolute Gasteiger partial charge is 0.141 e. The maximum Gasteiger partial charge on any atom is 0.141 e. The zero-order chi connectivity index (χ0) is 13.4. The lowest BCUT2D eigenvalue weighted by Crippen LogP contribution is -2.29. The number of hydrogen-bond donors (Lipinski definition) is 1. The quantitative estimate of drug-likeness (QED) is 0.728. The maximum atomic E-state index is 13.3. The molecule has 1 atom stereocenters. The Bertz CT molecular complexity index is 360. The van der Waals surface area contributed by atoms with Gasteiger partial charge in [0.15, 0.2) is 0 Å². The summed E-state index contributed by atoms with van der Waals surface area (Å²) in [5, 5.41) is 3.34. The minimum Gasteiger partial charge on any atom is -0.489 e. The largest absolute Gasteiger partial charge is 0.489 e. The van der Waals surface area contributed by atoms with Gasteiger partial charge in [-0.2, -0.15) is 0 Å². The summed E-state index contributed by atoms with van der Waals surface area (Å²) in [6, 6.07) is 4.82. The molecule has 1 rings (SSSR count). The highest BCUT2D eigenvalue weighted by Crippen LogP contribution is 2.21. The van der Waals surface area contributed by atoms with Crippen LogP contribution in [0.4, 0.5) is 4.39 Å². The van der Waals surface area contributed by atoms with Crippen LogP contribution in [0.15, 0.2) is 22.7 Å². The van der Waals surface area contributed by atoms with E-state index < -0.39 is 0 Å². The van der Waals surface area contributed by atoms with Crippen molar-refractivity contribution in [3.8, 4) is 5.75 Å². The maximum absolute atomic E-state index is 13.3. The summed E-state index contributed by atoms with van der Waals surface area (Å²) >= 11 is 3.12. The molecule has 0 saturated carbocycles. The van der Waals surface area contributed by atoms with Gasteiger partial charge in [-0.3, -0.25) is 0 Å². The summed E-state index contributed by atoms with van der Waals surface area (Å²) in [6.07, 6.45) is 3.70. The van der Waals surface area contributed by atoms with Crippen LogP contribution in [0.3, 0.4) is 0 Å². The Morgan fingerprint density at radius 1 is 1.39 bits per heavy atom. The van der Waals surface area contributed by atoms with E-state index in [0.29, 0.717) is 10.2 Å². The van der Waals surface area contributed by atoms with Crippen molar-refractivity contribution in [2.45, 2.75) is 39.2 Å². The molecule has 0 spiro atoms. The van der Waals surface area contributed by atoms with Gasteiger partial charge in [0.2, 0.25) is 0 Å². The molecular weight excluding hydrogens is 297 g/mol. The predicted molar refractivity (Wildman–Crippen MR) is 76.6 cm³/mol. The highest BCUT2D eigenvalue weighted by Gasteiger charge is 2.06. The van der Waals surface area contributed by atoms with Crippen molar-refractivity contribution in [1.29, 1.82) is 0 Å². The number of unbranched alkanes of at least 4 members (excludes halogenated alkanes) is 2. The molecule has 1 aromatic carbocycles. The predicted octanol–water partition coefficient (Wildman–Crippen LogP) is 4.14. The Hall–Kier alpha value is -0.610. The fraction of sp³-hybridized carbons (Fsp3) is 0.571. The minimum absolute atomic E-state index is 0.0344. The average molecular weight is 318 g/mol. The van der Waals surface area contributed by atoms with Crippen LogP contribution in [0.2, 0.25) is 0 Å². The lowest BCUT2D eigenvalue weighted by atomic mass is 10.2. The van der Waals surface area contributed by atoms with Gasteiger partial charge in [-0.25, -0.2) is 4.39 Å². The first kappa shape index (κ1) is 15.4. The van der Waals surface area contributed by atoms with Crippen LogP contribution in [0.1, 0.15) is 33.1 Å². The molecule has 4 heteroatoms. The molecule has 0 heterocycles. The number of halogens is 2. The summed E-state index contributed by atoms with van der Waals surface area (Å²) in [5.41, 5.74) is 0. The Labute approximate surface area is 117 Å². The van der Waals surface area contributed by atoms with E-state index in [1.165, 1.54) is 25.3 Å². The summed E-state index contributed by atoms with van der Waals surface area (Å²) in [7, 11) is 0. The molecule has 1 unspecified atom stereocenters. The normalized spacial score (nSPS) is 12.4. The van der Waals surface area contributed by atoms with Gasteiger partial charge in [0.1, 0.15) is 17.7 Å². The van der Waals surface area contributed by atoms with Crippen molar-refractivity contribution in [2.24, 2.45) is 0 Å². The van der Waals surface area contributed by atoms with Crippen LogP contribution >= 0.6 is 15.9 Å². The molecule has 102 valence electrons. The summed E-state index contributed by atoms with van der Waals surface area (Å²) in [5.74, 6) is 0.272. The third kappa shape index (κ3) is 5.83. The number of rotatable bonds is 8. The lowest BCUT2D eigenvalue weighted by molar-refractivity contribution is 0.216. The zero-order valence-electron chi connectivity index (χ0n) is 11.0. The molecule has 0 aliphatic heterocycles. The van der Waals surface area contributed by atoms with Crippen LogP contribution < -0.4 is 10.1 Å². The van der Waals surface area contributed by atoms with Gasteiger partial charge >= 0.3 is 0 Å². The van der Waals surface area contributed by atoms with E-state index in [0.717, 1.165) is 13.1 Å². The van der Waals surface area contributed by atoms with Crippen LogP contribution in [-0.4, -0.2) is 19.2 Å². The van der Waals surface area contributed by atoms with Gasteiger partial charge in [-0.1, -0.05) is 19.8 Å². The van der Waals surface area contributed by atoms with Crippen LogP contribution in [0, 0.1) is 5.82 Å². The van der Waals surface area contributed by atoms with Gasteiger partial charge < -0.3 is 10.1 Å². The molecule has 0 aliphatic rings. The fourth-order valence-corrected chi connectivity index (χ4v) is 1.88. The summed E-state index contributed by atoms with van der Waals surface area (Å²) in [6.45, 7) is 5.96. The van der Waals surface area contributed by atoms with E-state index in [-0.39, 0.29) is 11.9 Å². The number of ether oxygens (including phenoxy) is 1. The molecule has 2 nitrogen and oxygen atoms in total. The molecule has 0 saturated heterocycles. The van der Waals surface area contributed by atoms with Crippen molar-refractivity contribution >= 4 is 15.9 Å². The van der Waals surface area contributed by atoms with Crippen molar-refractivity contribution in [3.63, 3.8) is 0 Å². The summed E-state index contributed by atoms with van der Waals surface area (Å²) in [4.78, 5) is 0. The van der Waals surface area contributed by atoms with Gasteiger partial charge in [-0.05, 0) is 48.0 Å². The van der Waals surface area contributed by atoms with Crippen molar-refractivity contribution < 1.29 is 9.13 Å². The lowest BCUT2D eigenvalue weighted by Gasteiger charge is -2.15. The van der Waals surface area contributed by atoms with Crippen molar-refractivity contribution in [1.82, 2.24) is 5.32 Å². The SMILES string of the molecule is CCCCCNCC(C)Oc1ccc(Br)c(F)c1. The second kappa shape index (κ2) is 8.48. The van der Waals surface area contributed by atoms with E-state index in [1.54, 1.807) is 12.1 Å². The molecule has 1 N–H and O–H groups in total. The third-order valence-electron chi connectivity index (χ3n) is 2.62. The van der Waals surface area contributed by atoms with Crippen molar-refractivity contribution in [2.75, 3.05) is 13.1 Å². The fourth-order valence-electron chi connectivity index (χ4n) is 1.63. The van der Waals surface area contributed by atoms with E-state index >= 15 is 0 Å². The van der Waals surface area contributed by atoms with Gasteiger partial charge in [0.05, 0.1) is 4.47 Å². The molecule has 0 amide bonds. The number of hydrogen-bond acceptors (Lipinski definition) is 2. The number of benzene rings is 1. The number of nitrogens with one attached hydrogen (secondary N) is 1. The van der Waals surface area contributed by atoms with Gasteiger partial charge in [-0.15, -0.1) is 0 Å². The highest BCUT2D eigenvalue weighted by atomic mass is 79.9. The molecule has 0 aliphatic carbocycles. The molecule has 0 radical (unpaired) electrons. The van der Waals surface area contributed by atoms with Gasteiger partial charge in [0, 0.05) is 12.6 Å². The second-order valence-electron chi connectivity index (χ2n) is 4.42. The van der Waals surface area contributed by atoms with E-state index in [4.69, 9.17) is 4.74 Å².